The second-order valence-electron chi connectivity index (χ2n) is 4.41. The Morgan fingerprint density at radius 3 is 2.70 bits per heavy atom. The molecule has 4 nitrogen and oxygen atoms in total. The zero-order valence-electron chi connectivity index (χ0n) is 11.2. The minimum Gasteiger partial charge on any atom is -0.495 e. The Morgan fingerprint density at radius 2 is 2.00 bits per heavy atom. The van der Waals surface area contributed by atoms with Gasteiger partial charge in [0, 0.05) is 18.7 Å². The van der Waals surface area contributed by atoms with E-state index in [-0.39, 0.29) is 12.3 Å². The van der Waals surface area contributed by atoms with E-state index in [1.54, 1.807) is 0 Å². The molecule has 2 aromatic carbocycles. The molecule has 0 atom stereocenters. The van der Waals surface area contributed by atoms with Crippen molar-refractivity contribution >= 4 is 11.4 Å². The highest BCUT2D eigenvalue weighted by molar-refractivity contribution is 5.62. The van der Waals surface area contributed by atoms with Crippen molar-refractivity contribution < 1.29 is 14.2 Å². The molecular weight excluding hydrogens is 259 g/mol. The van der Waals surface area contributed by atoms with E-state index in [1.165, 1.54) is 19.2 Å². The molecule has 0 saturated heterocycles. The number of nitrogens with one attached hydrogen (secondary N) is 1. The Kier molecular flexibility index (Phi) is 4.42. The first-order chi connectivity index (χ1) is 9.63. The number of nitrogen functional groups attached to an aromatic ring is 1. The van der Waals surface area contributed by atoms with Gasteiger partial charge in [-0.15, -0.1) is 0 Å². The van der Waals surface area contributed by atoms with Crippen molar-refractivity contribution in [3.63, 3.8) is 0 Å². The minimum absolute atomic E-state index is 0.0160. The first kappa shape index (κ1) is 14.1. The van der Waals surface area contributed by atoms with Crippen LogP contribution in [0.15, 0.2) is 36.4 Å². The molecule has 2 aromatic rings. The number of methoxy groups -OCH3 is 1. The number of rotatable bonds is 5. The molecule has 0 radical (unpaired) electrons. The summed E-state index contributed by atoms with van der Waals surface area (Å²) in [7, 11) is 1.48. The first-order valence-corrected chi connectivity index (χ1v) is 6.19. The maximum Gasteiger partial charge on any atom is 0.148 e. The maximum absolute atomic E-state index is 13.8. The van der Waals surface area contributed by atoms with E-state index in [0.29, 0.717) is 18.0 Å². The molecule has 0 bridgehead atoms. The van der Waals surface area contributed by atoms with Gasteiger partial charge in [0.2, 0.25) is 0 Å². The van der Waals surface area contributed by atoms with Crippen LogP contribution in [-0.2, 0) is 13.2 Å². The van der Waals surface area contributed by atoms with Gasteiger partial charge in [0.1, 0.15) is 11.6 Å². The number of aliphatic hydroxyl groups is 1. The van der Waals surface area contributed by atoms with Gasteiger partial charge < -0.3 is 20.9 Å². The minimum atomic E-state index is -0.429. The van der Waals surface area contributed by atoms with Gasteiger partial charge in [0.15, 0.2) is 0 Å². The van der Waals surface area contributed by atoms with Gasteiger partial charge >= 0.3 is 0 Å². The number of nitrogens with two attached hydrogens (primary N) is 1. The van der Waals surface area contributed by atoms with Gasteiger partial charge in [0.05, 0.1) is 25.1 Å². The molecule has 0 aliphatic heterocycles. The summed E-state index contributed by atoms with van der Waals surface area (Å²) in [6.07, 6.45) is 0. The average Bonchev–Trinajstić information content (AvgIpc) is 2.46. The highest BCUT2D eigenvalue weighted by Gasteiger charge is 2.08. The predicted octanol–water partition coefficient (Wildman–Crippen LogP) is 2.52. The number of anilines is 2. The second-order valence-corrected chi connectivity index (χ2v) is 4.41. The molecule has 5 heteroatoms. The van der Waals surface area contributed by atoms with Crippen molar-refractivity contribution in [1.29, 1.82) is 0 Å². The monoisotopic (exact) mass is 276 g/mol. The van der Waals surface area contributed by atoms with E-state index in [2.05, 4.69) is 5.32 Å². The number of hydrogen-bond donors (Lipinski definition) is 3. The van der Waals surface area contributed by atoms with Crippen molar-refractivity contribution in [1.82, 2.24) is 0 Å². The molecule has 0 spiro atoms. The lowest BCUT2D eigenvalue weighted by molar-refractivity contribution is 0.281. The second kappa shape index (κ2) is 6.25. The smallest absolute Gasteiger partial charge is 0.148 e. The average molecular weight is 276 g/mol. The fourth-order valence-electron chi connectivity index (χ4n) is 1.92. The standard InChI is InChI=1S/C15H17FN2O2/c1-20-15-7-14(12(16)6-13(15)17)18-8-10-3-2-4-11(5-10)9-19/h2-7,18-19H,8-9,17H2,1H3. The van der Waals surface area contributed by atoms with E-state index in [1.807, 2.05) is 24.3 Å². The summed E-state index contributed by atoms with van der Waals surface area (Å²) in [5, 5.41) is 12.1. The van der Waals surface area contributed by atoms with Crippen molar-refractivity contribution in [3.8, 4) is 5.75 Å². The Balaban J connectivity index is 2.14. The lowest BCUT2D eigenvalue weighted by atomic mass is 10.1. The van der Waals surface area contributed by atoms with Gasteiger partial charge in [-0.25, -0.2) is 4.39 Å². The van der Waals surface area contributed by atoms with E-state index >= 15 is 0 Å². The van der Waals surface area contributed by atoms with E-state index in [9.17, 15) is 4.39 Å². The van der Waals surface area contributed by atoms with Crippen LogP contribution in [0.5, 0.6) is 5.75 Å². The van der Waals surface area contributed by atoms with Crippen molar-refractivity contribution in [2.45, 2.75) is 13.2 Å². The predicted molar refractivity (Wildman–Crippen MR) is 77.1 cm³/mol. The van der Waals surface area contributed by atoms with Gasteiger partial charge in [0.25, 0.3) is 0 Å². The highest BCUT2D eigenvalue weighted by Crippen LogP contribution is 2.28. The highest BCUT2D eigenvalue weighted by atomic mass is 19.1. The van der Waals surface area contributed by atoms with Crippen LogP contribution in [-0.4, -0.2) is 12.2 Å². The van der Waals surface area contributed by atoms with Crippen molar-refractivity contribution in [2.75, 3.05) is 18.2 Å². The van der Waals surface area contributed by atoms with Crippen LogP contribution in [0.4, 0.5) is 15.8 Å². The molecule has 20 heavy (non-hydrogen) atoms. The third kappa shape index (κ3) is 3.19. The number of halogens is 1. The maximum atomic E-state index is 13.8. The topological polar surface area (TPSA) is 67.5 Å². The third-order valence-corrected chi connectivity index (χ3v) is 2.98. The number of hydrogen-bond acceptors (Lipinski definition) is 4. The van der Waals surface area contributed by atoms with E-state index < -0.39 is 5.82 Å². The Bertz CT molecular complexity index is 602. The molecule has 0 fully saturated rings. The molecule has 0 amide bonds. The lowest BCUT2D eigenvalue weighted by Crippen LogP contribution is -2.04. The molecule has 106 valence electrons. The van der Waals surface area contributed by atoms with Crippen LogP contribution in [0, 0.1) is 5.82 Å². The van der Waals surface area contributed by atoms with Crippen LogP contribution < -0.4 is 15.8 Å². The fourth-order valence-corrected chi connectivity index (χ4v) is 1.92. The normalized spacial score (nSPS) is 10.3. The van der Waals surface area contributed by atoms with Gasteiger partial charge in [-0.1, -0.05) is 24.3 Å². The molecular formula is C15H17FN2O2. The summed E-state index contributed by atoms with van der Waals surface area (Å²) in [5.41, 5.74) is 7.98. The number of aliphatic hydroxyl groups excluding tert-OH is 1. The summed E-state index contributed by atoms with van der Waals surface area (Å²) < 4.78 is 18.8. The molecule has 0 aliphatic rings. The molecule has 4 N–H and O–H groups in total. The summed E-state index contributed by atoms with van der Waals surface area (Å²) in [5.74, 6) is -0.000350. The van der Waals surface area contributed by atoms with Gasteiger partial charge in [-0.05, 0) is 11.1 Å². The molecule has 0 unspecified atom stereocenters. The third-order valence-electron chi connectivity index (χ3n) is 2.98. The quantitative estimate of drug-likeness (QED) is 0.734. The fraction of sp³-hybridized carbons (Fsp3) is 0.200. The van der Waals surface area contributed by atoms with E-state index in [4.69, 9.17) is 15.6 Å². The Labute approximate surface area is 117 Å². The van der Waals surface area contributed by atoms with Crippen LogP contribution in [0.1, 0.15) is 11.1 Å². The van der Waals surface area contributed by atoms with E-state index in [0.717, 1.165) is 11.1 Å². The molecule has 2 rings (SSSR count). The van der Waals surface area contributed by atoms with Crippen LogP contribution in [0.2, 0.25) is 0 Å². The largest absolute Gasteiger partial charge is 0.495 e. The van der Waals surface area contributed by atoms with Crippen LogP contribution in [0.25, 0.3) is 0 Å². The van der Waals surface area contributed by atoms with Crippen molar-refractivity contribution in [3.05, 3.63) is 53.3 Å². The van der Waals surface area contributed by atoms with Crippen molar-refractivity contribution in [2.24, 2.45) is 0 Å². The number of benzene rings is 2. The number of ether oxygens (including phenoxy) is 1. The van der Waals surface area contributed by atoms with Gasteiger partial charge in [-0.2, -0.15) is 0 Å². The van der Waals surface area contributed by atoms with Crippen LogP contribution >= 0.6 is 0 Å². The lowest BCUT2D eigenvalue weighted by Gasteiger charge is -2.11. The Morgan fingerprint density at radius 1 is 1.25 bits per heavy atom. The molecule has 0 aliphatic carbocycles. The SMILES string of the molecule is COc1cc(NCc2cccc(CO)c2)c(F)cc1N. The summed E-state index contributed by atoms with van der Waals surface area (Å²) >= 11 is 0. The zero-order valence-corrected chi connectivity index (χ0v) is 11.2. The molecule has 0 heterocycles. The zero-order chi connectivity index (χ0) is 14.5. The summed E-state index contributed by atoms with van der Waals surface area (Å²) in [6, 6.07) is 10.2. The summed E-state index contributed by atoms with van der Waals surface area (Å²) in [6.45, 7) is 0.426. The molecule has 0 aromatic heterocycles. The Hall–Kier alpha value is -2.27. The first-order valence-electron chi connectivity index (χ1n) is 6.19. The molecule has 0 saturated carbocycles. The van der Waals surface area contributed by atoms with Gasteiger partial charge in [-0.3, -0.25) is 0 Å². The van der Waals surface area contributed by atoms with Crippen LogP contribution in [0.3, 0.4) is 0 Å². The summed E-state index contributed by atoms with van der Waals surface area (Å²) in [4.78, 5) is 0.